The van der Waals surface area contributed by atoms with Crippen molar-refractivity contribution in [2.24, 2.45) is 5.92 Å². The van der Waals surface area contributed by atoms with Crippen molar-refractivity contribution in [1.82, 2.24) is 0 Å². The molecule has 1 fully saturated rings. The molecule has 0 heterocycles. The summed E-state index contributed by atoms with van der Waals surface area (Å²) in [5.41, 5.74) is 0. The van der Waals surface area contributed by atoms with Crippen LogP contribution in [0, 0.1) is 5.92 Å². The Labute approximate surface area is 79.8 Å². The number of aliphatic carboxylic acids is 1. The van der Waals surface area contributed by atoms with Crippen LogP contribution in [0.2, 0.25) is 0 Å². The summed E-state index contributed by atoms with van der Waals surface area (Å²) in [6, 6.07) is 0. The van der Waals surface area contributed by atoms with E-state index in [1.165, 1.54) is 6.42 Å². The van der Waals surface area contributed by atoms with E-state index in [2.05, 4.69) is 0 Å². The minimum Gasteiger partial charge on any atom is -0.481 e. The Bertz CT molecular complexity index is 134. The lowest BCUT2D eigenvalue weighted by atomic mass is 9.90. The summed E-state index contributed by atoms with van der Waals surface area (Å²) >= 11 is 0. The molecule has 0 aromatic heterocycles. The Balaban J connectivity index is 0.000000310. The fourth-order valence-corrected chi connectivity index (χ4v) is 1.35. The van der Waals surface area contributed by atoms with Gasteiger partial charge in [-0.2, -0.15) is 0 Å². The average Bonchev–Trinajstić information content (AvgIpc) is 2.05. The van der Waals surface area contributed by atoms with E-state index in [1.54, 1.807) is 13.8 Å². The smallest absolute Gasteiger partial charge is 0.306 e. The van der Waals surface area contributed by atoms with Crippen LogP contribution in [-0.4, -0.2) is 22.3 Å². The highest BCUT2D eigenvalue weighted by molar-refractivity contribution is 5.69. The van der Waals surface area contributed by atoms with Gasteiger partial charge in [-0.25, -0.2) is 0 Å². The number of aliphatic hydroxyl groups excluding tert-OH is 1. The minimum atomic E-state index is -0.602. The second kappa shape index (κ2) is 6.89. The molecule has 2 N–H and O–H groups in total. The summed E-state index contributed by atoms with van der Waals surface area (Å²) in [6.07, 6.45) is 5.07. The van der Waals surface area contributed by atoms with E-state index in [9.17, 15) is 4.79 Å². The quantitative estimate of drug-likeness (QED) is 0.662. The molecule has 0 radical (unpaired) electrons. The largest absolute Gasteiger partial charge is 0.481 e. The third kappa shape index (κ3) is 7.78. The van der Waals surface area contributed by atoms with E-state index in [-0.39, 0.29) is 12.0 Å². The first-order chi connectivity index (χ1) is 6.04. The van der Waals surface area contributed by atoms with Crippen molar-refractivity contribution in [3.8, 4) is 0 Å². The molecule has 0 amide bonds. The van der Waals surface area contributed by atoms with Gasteiger partial charge in [-0.15, -0.1) is 0 Å². The number of carbonyl (C=O) groups is 1. The van der Waals surface area contributed by atoms with Gasteiger partial charge in [0.05, 0.1) is 5.92 Å². The fraction of sp³-hybridized carbons (Fsp3) is 0.900. The molecule has 13 heavy (non-hydrogen) atoms. The first-order valence-corrected chi connectivity index (χ1v) is 4.95. The number of aliphatic hydroxyl groups is 1. The first kappa shape index (κ1) is 12.4. The van der Waals surface area contributed by atoms with Crippen molar-refractivity contribution in [2.45, 2.75) is 52.1 Å². The molecule has 1 aliphatic carbocycles. The van der Waals surface area contributed by atoms with Gasteiger partial charge < -0.3 is 10.2 Å². The minimum absolute atomic E-state index is 0.0289. The highest BCUT2D eigenvalue weighted by Crippen LogP contribution is 2.23. The second-order valence-electron chi connectivity index (χ2n) is 3.77. The first-order valence-electron chi connectivity index (χ1n) is 4.95. The second-order valence-corrected chi connectivity index (χ2v) is 3.77. The average molecular weight is 188 g/mol. The van der Waals surface area contributed by atoms with Gasteiger partial charge in [0.15, 0.2) is 0 Å². The highest BCUT2D eigenvalue weighted by Gasteiger charge is 2.19. The van der Waals surface area contributed by atoms with Gasteiger partial charge in [-0.3, -0.25) is 4.79 Å². The monoisotopic (exact) mass is 188 g/mol. The zero-order chi connectivity index (χ0) is 10.3. The molecule has 1 rings (SSSR count). The molecule has 0 aromatic rings. The zero-order valence-electron chi connectivity index (χ0n) is 8.49. The van der Waals surface area contributed by atoms with Gasteiger partial charge in [0.2, 0.25) is 0 Å². The van der Waals surface area contributed by atoms with Crippen molar-refractivity contribution >= 4 is 5.97 Å². The number of hydrogen-bond acceptors (Lipinski definition) is 2. The molecule has 0 aliphatic heterocycles. The van der Waals surface area contributed by atoms with Gasteiger partial charge >= 0.3 is 5.97 Å². The van der Waals surface area contributed by atoms with Crippen LogP contribution in [0.25, 0.3) is 0 Å². The normalized spacial score (nSPS) is 17.8. The van der Waals surface area contributed by atoms with E-state index in [1.807, 2.05) is 0 Å². The third-order valence-electron chi connectivity index (χ3n) is 1.95. The maximum atomic E-state index is 10.4. The molecule has 0 unspecified atom stereocenters. The molecule has 1 aliphatic rings. The molecule has 3 nitrogen and oxygen atoms in total. The standard InChI is InChI=1S/C7H12O2.C3H8O/c8-7(9)6-4-2-1-3-5-6;1-3(2)4/h6H,1-5H2,(H,8,9);3-4H,1-2H3. The molecule has 0 spiro atoms. The van der Waals surface area contributed by atoms with Crippen LogP contribution < -0.4 is 0 Å². The maximum Gasteiger partial charge on any atom is 0.306 e. The van der Waals surface area contributed by atoms with E-state index in [0.717, 1.165) is 25.7 Å². The van der Waals surface area contributed by atoms with Gasteiger partial charge in [0.25, 0.3) is 0 Å². The molecule has 0 saturated heterocycles. The lowest BCUT2D eigenvalue weighted by molar-refractivity contribution is -0.142. The van der Waals surface area contributed by atoms with Crippen molar-refractivity contribution < 1.29 is 15.0 Å². The Kier molecular flexibility index (Phi) is 6.59. The van der Waals surface area contributed by atoms with Crippen LogP contribution in [0.1, 0.15) is 46.0 Å². The van der Waals surface area contributed by atoms with Crippen LogP contribution in [0.4, 0.5) is 0 Å². The predicted octanol–water partition coefficient (Wildman–Crippen LogP) is 2.04. The third-order valence-corrected chi connectivity index (χ3v) is 1.95. The van der Waals surface area contributed by atoms with Crippen molar-refractivity contribution in [1.29, 1.82) is 0 Å². The van der Waals surface area contributed by atoms with Crippen molar-refractivity contribution in [3.05, 3.63) is 0 Å². The highest BCUT2D eigenvalue weighted by atomic mass is 16.4. The van der Waals surface area contributed by atoms with Gasteiger partial charge in [0.1, 0.15) is 0 Å². The lowest BCUT2D eigenvalue weighted by Gasteiger charge is -2.16. The Hall–Kier alpha value is -0.570. The number of rotatable bonds is 1. The SMILES string of the molecule is CC(C)O.O=C(O)C1CCCCC1. The number of carboxylic acid groups (broad SMARTS) is 1. The molecule has 0 atom stereocenters. The molecule has 3 heteroatoms. The van der Waals surface area contributed by atoms with E-state index in [4.69, 9.17) is 10.2 Å². The van der Waals surface area contributed by atoms with Crippen molar-refractivity contribution in [3.63, 3.8) is 0 Å². The summed E-state index contributed by atoms with van der Waals surface area (Å²) in [4.78, 5) is 10.4. The zero-order valence-corrected chi connectivity index (χ0v) is 8.49. The lowest BCUT2D eigenvalue weighted by Crippen LogP contribution is -2.16. The predicted molar refractivity (Wildman–Crippen MR) is 51.6 cm³/mol. The van der Waals surface area contributed by atoms with Gasteiger partial charge in [0, 0.05) is 6.10 Å². The Morgan fingerprint density at radius 2 is 1.62 bits per heavy atom. The van der Waals surface area contributed by atoms with E-state index < -0.39 is 5.97 Å². The Morgan fingerprint density at radius 3 is 1.85 bits per heavy atom. The number of hydrogen-bond donors (Lipinski definition) is 2. The van der Waals surface area contributed by atoms with Crippen LogP contribution in [0.15, 0.2) is 0 Å². The van der Waals surface area contributed by atoms with E-state index in [0.29, 0.717) is 0 Å². The fourth-order valence-electron chi connectivity index (χ4n) is 1.35. The summed E-state index contributed by atoms with van der Waals surface area (Å²) < 4.78 is 0. The van der Waals surface area contributed by atoms with Crippen LogP contribution in [-0.2, 0) is 4.79 Å². The number of carboxylic acids is 1. The van der Waals surface area contributed by atoms with Gasteiger partial charge in [-0.1, -0.05) is 19.3 Å². The maximum absolute atomic E-state index is 10.4. The molecular formula is C10H20O3. The molecule has 0 aromatic carbocycles. The van der Waals surface area contributed by atoms with E-state index >= 15 is 0 Å². The Morgan fingerprint density at radius 1 is 1.23 bits per heavy atom. The topological polar surface area (TPSA) is 57.5 Å². The molecule has 78 valence electrons. The van der Waals surface area contributed by atoms with Gasteiger partial charge in [-0.05, 0) is 26.7 Å². The van der Waals surface area contributed by atoms with Crippen molar-refractivity contribution in [2.75, 3.05) is 0 Å². The molecular weight excluding hydrogens is 168 g/mol. The summed E-state index contributed by atoms with van der Waals surface area (Å²) in [7, 11) is 0. The molecule has 1 saturated carbocycles. The summed E-state index contributed by atoms with van der Waals surface area (Å²) in [5.74, 6) is -0.631. The molecule has 0 bridgehead atoms. The summed E-state index contributed by atoms with van der Waals surface area (Å²) in [6.45, 7) is 3.44. The van der Waals surface area contributed by atoms with Crippen LogP contribution in [0.5, 0.6) is 0 Å². The van der Waals surface area contributed by atoms with Crippen LogP contribution in [0.3, 0.4) is 0 Å². The van der Waals surface area contributed by atoms with Crippen LogP contribution >= 0.6 is 0 Å². The summed E-state index contributed by atoms with van der Waals surface area (Å²) in [5, 5.41) is 16.6.